The predicted molar refractivity (Wildman–Crippen MR) is 80.5 cm³/mol. The minimum Gasteiger partial charge on any atom is -0.464 e. The van der Waals surface area contributed by atoms with Crippen LogP contribution in [0.25, 0.3) is 0 Å². The molecule has 0 unspecified atom stereocenters. The van der Waals surface area contributed by atoms with Gasteiger partial charge in [-0.25, -0.2) is 9.48 Å². The average Bonchev–Trinajstić information content (AvgIpc) is 2.95. The van der Waals surface area contributed by atoms with Crippen LogP contribution in [0.2, 0.25) is 0 Å². The van der Waals surface area contributed by atoms with Crippen LogP contribution in [0.3, 0.4) is 0 Å². The second kappa shape index (κ2) is 6.84. The molecule has 1 amide bonds. The Hall–Kier alpha value is -2.70. The van der Waals surface area contributed by atoms with E-state index in [1.54, 1.807) is 0 Å². The van der Waals surface area contributed by atoms with E-state index in [1.807, 2.05) is 24.3 Å². The quantitative estimate of drug-likeness (QED) is 0.851. The van der Waals surface area contributed by atoms with Crippen LogP contribution in [0.1, 0.15) is 35.8 Å². The highest BCUT2D eigenvalue weighted by Gasteiger charge is 2.12. The molecule has 116 valence electrons. The SMILES string of the molecule is COC(=O)c1cn(CC(=O)Nc2ccc(C(C)C)cc2)nn1. The number of carbonyl (C=O) groups excluding carboxylic acids is 2. The van der Waals surface area contributed by atoms with Crippen LogP contribution in [0, 0.1) is 0 Å². The van der Waals surface area contributed by atoms with Crippen molar-refractivity contribution in [1.29, 1.82) is 0 Å². The van der Waals surface area contributed by atoms with Crippen molar-refractivity contribution in [3.05, 3.63) is 41.7 Å². The molecule has 2 aromatic rings. The Morgan fingerprint density at radius 3 is 2.55 bits per heavy atom. The largest absolute Gasteiger partial charge is 0.464 e. The first kappa shape index (κ1) is 15.7. The van der Waals surface area contributed by atoms with E-state index in [9.17, 15) is 9.59 Å². The summed E-state index contributed by atoms with van der Waals surface area (Å²) >= 11 is 0. The average molecular weight is 302 g/mol. The van der Waals surface area contributed by atoms with Gasteiger partial charge in [0.2, 0.25) is 5.91 Å². The minimum atomic E-state index is -0.587. The molecule has 2 rings (SSSR count). The highest BCUT2D eigenvalue weighted by atomic mass is 16.5. The lowest BCUT2D eigenvalue weighted by Gasteiger charge is -2.08. The number of esters is 1. The summed E-state index contributed by atoms with van der Waals surface area (Å²) < 4.78 is 5.81. The number of hydrogen-bond acceptors (Lipinski definition) is 5. The summed E-state index contributed by atoms with van der Waals surface area (Å²) in [6.07, 6.45) is 1.37. The number of carbonyl (C=O) groups is 2. The van der Waals surface area contributed by atoms with E-state index in [-0.39, 0.29) is 18.1 Å². The van der Waals surface area contributed by atoms with Gasteiger partial charge in [-0.2, -0.15) is 0 Å². The summed E-state index contributed by atoms with van der Waals surface area (Å²) in [4.78, 5) is 23.2. The van der Waals surface area contributed by atoms with Gasteiger partial charge in [0.25, 0.3) is 0 Å². The Labute approximate surface area is 128 Å². The summed E-state index contributed by atoms with van der Waals surface area (Å²) in [5.74, 6) is -0.397. The lowest BCUT2D eigenvalue weighted by atomic mass is 10.0. The molecule has 0 saturated carbocycles. The predicted octanol–water partition coefficient (Wildman–Crippen LogP) is 1.83. The zero-order chi connectivity index (χ0) is 16.1. The van der Waals surface area contributed by atoms with Gasteiger partial charge in [-0.05, 0) is 23.6 Å². The van der Waals surface area contributed by atoms with E-state index < -0.39 is 5.97 Å². The van der Waals surface area contributed by atoms with E-state index in [1.165, 1.54) is 23.6 Å². The fourth-order valence-electron chi connectivity index (χ4n) is 1.87. The van der Waals surface area contributed by atoms with Gasteiger partial charge in [0.1, 0.15) is 6.54 Å². The molecule has 0 bridgehead atoms. The molecule has 1 aromatic heterocycles. The third-order valence-electron chi connectivity index (χ3n) is 3.10. The van der Waals surface area contributed by atoms with Crippen LogP contribution in [0.4, 0.5) is 5.69 Å². The molecular weight excluding hydrogens is 284 g/mol. The summed E-state index contributed by atoms with van der Waals surface area (Å²) in [5.41, 5.74) is 1.98. The van der Waals surface area contributed by atoms with Gasteiger partial charge in [-0.1, -0.05) is 31.2 Å². The fourth-order valence-corrected chi connectivity index (χ4v) is 1.87. The standard InChI is InChI=1S/C15H18N4O3/c1-10(2)11-4-6-12(7-5-11)16-14(20)9-19-8-13(17-18-19)15(21)22-3/h4-8,10H,9H2,1-3H3,(H,16,20). The molecule has 0 aliphatic carbocycles. The smallest absolute Gasteiger partial charge is 0.360 e. The number of ether oxygens (including phenoxy) is 1. The first-order valence-corrected chi connectivity index (χ1v) is 6.88. The van der Waals surface area contributed by atoms with Crippen LogP contribution < -0.4 is 5.32 Å². The first-order valence-electron chi connectivity index (χ1n) is 6.88. The second-order valence-corrected chi connectivity index (χ2v) is 5.12. The summed E-state index contributed by atoms with van der Waals surface area (Å²) in [5, 5.41) is 10.1. The Morgan fingerprint density at radius 2 is 1.95 bits per heavy atom. The van der Waals surface area contributed by atoms with Gasteiger partial charge in [0.15, 0.2) is 5.69 Å². The minimum absolute atomic E-state index is 0.0318. The third-order valence-corrected chi connectivity index (χ3v) is 3.10. The summed E-state index contributed by atoms with van der Waals surface area (Å²) in [7, 11) is 1.26. The first-order chi connectivity index (χ1) is 10.5. The van der Waals surface area contributed by atoms with E-state index in [0.29, 0.717) is 11.6 Å². The Morgan fingerprint density at radius 1 is 1.27 bits per heavy atom. The highest BCUT2D eigenvalue weighted by Crippen LogP contribution is 2.17. The highest BCUT2D eigenvalue weighted by molar-refractivity contribution is 5.90. The molecule has 0 fully saturated rings. The van der Waals surface area contributed by atoms with Crippen molar-refractivity contribution in [2.24, 2.45) is 0 Å². The van der Waals surface area contributed by atoms with Crippen molar-refractivity contribution in [3.63, 3.8) is 0 Å². The lowest BCUT2D eigenvalue weighted by molar-refractivity contribution is -0.116. The monoisotopic (exact) mass is 302 g/mol. The van der Waals surface area contributed by atoms with Crippen molar-refractivity contribution >= 4 is 17.6 Å². The number of aromatic nitrogens is 3. The molecule has 1 N–H and O–H groups in total. The molecule has 7 heteroatoms. The van der Waals surface area contributed by atoms with Crippen LogP contribution in [0.15, 0.2) is 30.5 Å². The van der Waals surface area contributed by atoms with E-state index in [0.717, 1.165) is 0 Å². The third kappa shape index (κ3) is 3.91. The van der Waals surface area contributed by atoms with E-state index >= 15 is 0 Å². The number of nitrogens with one attached hydrogen (secondary N) is 1. The maximum atomic E-state index is 11.9. The van der Waals surface area contributed by atoms with Crippen molar-refractivity contribution in [2.45, 2.75) is 26.3 Å². The molecule has 0 aliphatic heterocycles. The van der Waals surface area contributed by atoms with Crippen LogP contribution in [0.5, 0.6) is 0 Å². The van der Waals surface area contributed by atoms with Crippen LogP contribution in [-0.4, -0.2) is 34.0 Å². The van der Waals surface area contributed by atoms with Gasteiger partial charge < -0.3 is 10.1 Å². The Bertz CT molecular complexity index is 662. The maximum Gasteiger partial charge on any atom is 0.360 e. The normalized spacial score (nSPS) is 10.5. The summed E-state index contributed by atoms with van der Waals surface area (Å²) in [6.45, 7) is 4.18. The van der Waals surface area contributed by atoms with Gasteiger partial charge in [0.05, 0.1) is 13.3 Å². The zero-order valence-electron chi connectivity index (χ0n) is 12.7. The molecule has 0 saturated heterocycles. The molecule has 0 spiro atoms. The molecule has 22 heavy (non-hydrogen) atoms. The molecule has 0 atom stereocenters. The van der Waals surface area contributed by atoms with E-state index in [2.05, 4.69) is 34.2 Å². The van der Waals surface area contributed by atoms with Crippen molar-refractivity contribution in [2.75, 3.05) is 12.4 Å². The van der Waals surface area contributed by atoms with E-state index in [4.69, 9.17) is 0 Å². The topological polar surface area (TPSA) is 86.1 Å². The Balaban J connectivity index is 1.95. The lowest BCUT2D eigenvalue weighted by Crippen LogP contribution is -2.19. The summed E-state index contributed by atoms with van der Waals surface area (Å²) in [6, 6.07) is 7.67. The number of hydrogen-bond donors (Lipinski definition) is 1. The number of benzene rings is 1. The van der Waals surface area contributed by atoms with Gasteiger partial charge in [0, 0.05) is 5.69 Å². The molecule has 7 nitrogen and oxygen atoms in total. The molecule has 0 radical (unpaired) electrons. The number of methoxy groups -OCH3 is 1. The number of amides is 1. The van der Waals surface area contributed by atoms with Gasteiger partial charge in [-0.3, -0.25) is 4.79 Å². The van der Waals surface area contributed by atoms with Crippen molar-refractivity contribution < 1.29 is 14.3 Å². The van der Waals surface area contributed by atoms with Gasteiger partial charge in [-0.15, -0.1) is 5.10 Å². The number of rotatable bonds is 5. The van der Waals surface area contributed by atoms with Crippen molar-refractivity contribution in [1.82, 2.24) is 15.0 Å². The fraction of sp³-hybridized carbons (Fsp3) is 0.333. The van der Waals surface area contributed by atoms with Crippen molar-refractivity contribution in [3.8, 4) is 0 Å². The molecule has 1 heterocycles. The molecule has 1 aromatic carbocycles. The number of anilines is 1. The van der Waals surface area contributed by atoms with Crippen LogP contribution in [-0.2, 0) is 16.1 Å². The second-order valence-electron chi connectivity index (χ2n) is 5.12. The maximum absolute atomic E-state index is 11.9. The Kier molecular flexibility index (Phi) is 4.88. The molecular formula is C15H18N4O3. The van der Waals surface area contributed by atoms with Gasteiger partial charge >= 0.3 is 5.97 Å². The zero-order valence-corrected chi connectivity index (χ0v) is 12.7. The molecule has 0 aliphatic rings. The van der Waals surface area contributed by atoms with Crippen LogP contribution >= 0.6 is 0 Å². The number of nitrogens with zero attached hydrogens (tertiary/aromatic N) is 3.